The lowest BCUT2D eigenvalue weighted by molar-refractivity contribution is -0.305. The summed E-state index contributed by atoms with van der Waals surface area (Å²) >= 11 is 0. The zero-order valence-electron chi connectivity index (χ0n) is 44.2. The van der Waals surface area contributed by atoms with Gasteiger partial charge in [-0.15, -0.1) is 0 Å². The third-order valence-electron chi connectivity index (χ3n) is 13.2. The van der Waals surface area contributed by atoms with Crippen molar-refractivity contribution in [1.29, 1.82) is 0 Å². The van der Waals surface area contributed by atoms with Gasteiger partial charge in [0.15, 0.2) is 12.4 Å². The number of esters is 1. The number of hydrogen-bond acceptors (Lipinski definition) is 10. The van der Waals surface area contributed by atoms with Crippen LogP contribution in [0.1, 0.15) is 245 Å². The minimum Gasteiger partial charge on any atom is -0.454 e. The lowest BCUT2D eigenvalue weighted by Gasteiger charge is -2.41. The van der Waals surface area contributed by atoms with E-state index in [9.17, 15) is 35.1 Å². The number of carbonyl (C=O) groups excluding carboxylic acids is 2. The average Bonchev–Trinajstić information content (AvgIpc) is 3.34. The molecule has 11 heteroatoms. The van der Waals surface area contributed by atoms with Crippen molar-refractivity contribution in [1.82, 2.24) is 5.32 Å². The van der Waals surface area contributed by atoms with Crippen molar-refractivity contribution in [2.45, 2.75) is 294 Å². The van der Waals surface area contributed by atoms with Crippen molar-refractivity contribution in [2.75, 3.05) is 13.2 Å². The highest BCUT2D eigenvalue weighted by molar-refractivity contribution is 5.80. The summed E-state index contributed by atoms with van der Waals surface area (Å²) in [5, 5.41) is 56.7. The average molecular weight is 976 g/mol. The van der Waals surface area contributed by atoms with E-state index in [1.165, 1.54) is 122 Å². The monoisotopic (exact) mass is 976 g/mol. The molecule has 1 saturated heterocycles. The van der Waals surface area contributed by atoms with E-state index in [1.54, 1.807) is 6.08 Å². The summed E-state index contributed by atoms with van der Waals surface area (Å²) in [5.74, 6) is -1.22. The van der Waals surface area contributed by atoms with Crippen molar-refractivity contribution >= 4 is 11.9 Å². The fraction of sp³-hybridized carbons (Fsp3) is 0.828. The summed E-state index contributed by atoms with van der Waals surface area (Å²) in [4.78, 5) is 26.4. The Morgan fingerprint density at radius 2 is 1.00 bits per heavy atom. The number of hydrogen-bond donors (Lipinski definition) is 6. The first-order chi connectivity index (χ1) is 33.7. The Balaban J connectivity index is 2.73. The van der Waals surface area contributed by atoms with Crippen LogP contribution in [0.3, 0.4) is 0 Å². The number of unbranched alkanes of at least 4 members (excludes halogenated alkanes) is 27. The second-order valence-corrected chi connectivity index (χ2v) is 19.7. The molecule has 1 amide bonds. The zero-order chi connectivity index (χ0) is 50.4. The number of aliphatic hydroxyl groups is 5. The molecule has 402 valence electrons. The minimum atomic E-state index is -1.62. The van der Waals surface area contributed by atoms with Crippen LogP contribution in [-0.4, -0.2) is 99.6 Å². The molecule has 0 radical (unpaired) electrons. The SMILES string of the molecule is CCCCC/C=C\C/C=C\CCCCCCCCCC(=O)OC1C(OCC(NC(=O)C(O)CCCC/C=C\CCCCCCCC)C(O)/C=C/CCCCCCCCCCC)OC(CO)C(O)C1O. The highest BCUT2D eigenvalue weighted by atomic mass is 16.7. The van der Waals surface area contributed by atoms with Crippen LogP contribution >= 0.6 is 0 Å². The van der Waals surface area contributed by atoms with Crippen LogP contribution in [0.5, 0.6) is 0 Å². The Hall–Kier alpha value is -2.38. The van der Waals surface area contributed by atoms with Gasteiger partial charge in [-0.05, 0) is 83.5 Å². The molecule has 0 aromatic heterocycles. The lowest BCUT2D eigenvalue weighted by Crippen LogP contribution is -2.61. The Morgan fingerprint density at radius 1 is 0.565 bits per heavy atom. The van der Waals surface area contributed by atoms with Crippen molar-refractivity contribution in [2.24, 2.45) is 0 Å². The molecule has 8 unspecified atom stereocenters. The maximum absolute atomic E-state index is 13.3. The van der Waals surface area contributed by atoms with Crippen molar-refractivity contribution in [3.05, 3.63) is 48.6 Å². The highest BCUT2D eigenvalue weighted by Gasteiger charge is 2.47. The molecule has 1 rings (SSSR count). The minimum absolute atomic E-state index is 0.113. The van der Waals surface area contributed by atoms with E-state index in [-0.39, 0.29) is 19.4 Å². The number of allylic oxidation sites excluding steroid dienone is 7. The number of nitrogens with one attached hydrogen (secondary N) is 1. The number of carbonyl (C=O) groups is 2. The van der Waals surface area contributed by atoms with Crippen molar-refractivity contribution in [3.63, 3.8) is 0 Å². The first-order valence-electron chi connectivity index (χ1n) is 28.4. The molecule has 0 aromatic rings. The molecule has 0 saturated carbocycles. The van der Waals surface area contributed by atoms with E-state index in [2.05, 4.69) is 62.5 Å². The van der Waals surface area contributed by atoms with Gasteiger partial charge in [0.2, 0.25) is 5.91 Å². The molecular formula is C58H105NO10. The van der Waals surface area contributed by atoms with E-state index < -0.39 is 67.4 Å². The summed E-state index contributed by atoms with van der Waals surface area (Å²) in [6.45, 7) is 5.72. The molecule has 0 spiro atoms. The van der Waals surface area contributed by atoms with Gasteiger partial charge >= 0.3 is 5.97 Å². The van der Waals surface area contributed by atoms with Crippen LogP contribution in [0.4, 0.5) is 0 Å². The van der Waals surface area contributed by atoms with Crippen molar-refractivity contribution < 1.29 is 49.3 Å². The quantitative estimate of drug-likeness (QED) is 0.0196. The molecule has 0 bridgehead atoms. The summed E-state index contributed by atoms with van der Waals surface area (Å²) in [6, 6.07) is -1.03. The summed E-state index contributed by atoms with van der Waals surface area (Å²) in [5.41, 5.74) is 0. The lowest BCUT2D eigenvalue weighted by atomic mass is 9.99. The number of aliphatic hydroxyl groups excluding tert-OH is 5. The van der Waals surface area contributed by atoms with Crippen LogP contribution in [0.25, 0.3) is 0 Å². The summed E-state index contributed by atoms with van der Waals surface area (Å²) in [7, 11) is 0. The molecule has 1 heterocycles. The second kappa shape index (κ2) is 46.7. The van der Waals surface area contributed by atoms with E-state index in [1.807, 2.05) is 6.08 Å². The van der Waals surface area contributed by atoms with Gasteiger partial charge in [0.05, 0.1) is 25.4 Å². The standard InChI is InChI=1S/C58H105NO10/c1-4-7-10-13-16-19-22-24-25-26-27-28-31-34-37-40-43-46-53(63)69-56-55(65)54(64)52(47-60)68-58(56)67-48-49(50(61)44-41-38-35-32-29-21-18-15-12-9-6-3)59-57(66)51(62)45-42-39-36-33-30-23-20-17-14-11-8-5-2/h16,19,24-25,30,33,41,44,49-52,54-56,58,60-62,64-65H,4-15,17-18,20-23,26-29,31-32,34-40,42-43,45-48H2,1-3H3,(H,59,66)/b19-16-,25-24-,33-30-,44-41+. The molecule has 1 fully saturated rings. The number of amides is 1. The molecule has 11 nitrogen and oxygen atoms in total. The van der Waals surface area contributed by atoms with Crippen LogP contribution in [0.2, 0.25) is 0 Å². The molecule has 1 aliphatic rings. The third kappa shape index (κ3) is 35.4. The fourth-order valence-electron chi connectivity index (χ4n) is 8.62. The van der Waals surface area contributed by atoms with Crippen LogP contribution < -0.4 is 5.32 Å². The van der Waals surface area contributed by atoms with Gasteiger partial charge in [0.1, 0.15) is 24.4 Å². The normalized spacial score (nSPS) is 20.1. The molecule has 6 N–H and O–H groups in total. The molecule has 1 aliphatic heterocycles. The molecule has 0 aliphatic carbocycles. The Bertz CT molecular complexity index is 1300. The van der Waals surface area contributed by atoms with E-state index in [0.29, 0.717) is 12.8 Å². The molecule has 0 aromatic carbocycles. The summed E-state index contributed by atoms with van der Waals surface area (Å²) < 4.78 is 17.5. The largest absolute Gasteiger partial charge is 0.454 e. The topological polar surface area (TPSA) is 175 Å². The predicted octanol–water partition coefficient (Wildman–Crippen LogP) is 12.5. The van der Waals surface area contributed by atoms with Crippen LogP contribution in [-0.2, 0) is 23.8 Å². The van der Waals surface area contributed by atoms with Gasteiger partial charge in [-0.1, -0.05) is 204 Å². The van der Waals surface area contributed by atoms with Gasteiger partial charge in [-0.2, -0.15) is 0 Å². The first kappa shape index (κ1) is 64.6. The van der Waals surface area contributed by atoms with E-state index >= 15 is 0 Å². The second-order valence-electron chi connectivity index (χ2n) is 19.7. The van der Waals surface area contributed by atoms with Gasteiger partial charge < -0.3 is 45.1 Å². The van der Waals surface area contributed by atoms with Gasteiger partial charge in [-0.25, -0.2) is 0 Å². The van der Waals surface area contributed by atoms with Crippen LogP contribution in [0, 0.1) is 0 Å². The Morgan fingerprint density at radius 3 is 1.52 bits per heavy atom. The summed E-state index contributed by atoms with van der Waals surface area (Å²) in [6.07, 6.45) is 44.4. The Kier molecular flexibility index (Phi) is 43.7. The number of rotatable bonds is 47. The van der Waals surface area contributed by atoms with E-state index in [4.69, 9.17) is 14.2 Å². The maximum atomic E-state index is 13.3. The van der Waals surface area contributed by atoms with E-state index in [0.717, 1.165) is 77.0 Å². The molecule has 69 heavy (non-hydrogen) atoms. The van der Waals surface area contributed by atoms with Gasteiger partial charge in [-0.3, -0.25) is 9.59 Å². The fourth-order valence-corrected chi connectivity index (χ4v) is 8.62. The van der Waals surface area contributed by atoms with Crippen LogP contribution in [0.15, 0.2) is 48.6 Å². The first-order valence-corrected chi connectivity index (χ1v) is 28.4. The zero-order valence-corrected chi connectivity index (χ0v) is 44.2. The number of ether oxygens (including phenoxy) is 3. The third-order valence-corrected chi connectivity index (χ3v) is 13.2. The highest BCUT2D eigenvalue weighted by Crippen LogP contribution is 2.26. The van der Waals surface area contributed by atoms with Gasteiger partial charge in [0, 0.05) is 6.42 Å². The molecular weight excluding hydrogens is 871 g/mol. The molecule has 8 atom stereocenters. The maximum Gasteiger partial charge on any atom is 0.306 e. The van der Waals surface area contributed by atoms with Gasteiger partial charge in [0.25, 0.3) is 0 Å². The smallest absolute Gasteiger partial charge is 0.306 e. The van der Waals surface area contributed by atoms with Crippen molar-refractivity contribution in [3.8, 4) is 0 Å². The Labute approximate surface area is 421 Å². The predicted molar refractivity (Wildman–Crippen MR) is 283 cm³/mol.